The Morgan fingerprint density at radius 3 is 2.60 bits per heavy atom. The van der Waals surface area contributed by atoms with Gasteiger partial charge in [-0.3, -0.25) is 0 Å². The van der Waals surface area contributed by atoms with E-state index in [0.717, 1.165) is 6.20 Å². The Morgan fingerprint density at radius 1 is 1.25 bits per heavy atom. The predicted molar refractivity (Wildman–Crippen MR) is 71.1 cm³/mol. The van der Waals surface area contributed by atoms with Crippen molar-refractivity contribution in [2.45, 2.75) is 11.4 Å². The second kappa shape index (κ2) is 5.69. The maximum Gasteiger partial charge on any atom is 0.242 e. The number of nitrogens with one attached hydrogen (secondary N) is 1. The van der Waals surface area contributed by atoms with Gasteiger partial charge in [-0.05, 0) is 18.2 Å². The molecule has 0 radical (unpaired) electrons. The number of aromatic hydroxyl groups is 1. The average molecular weight is 289 g/mol. The van der Waals surface area contributed by atoms with Gasteiger partial charge in [0.1, 0.15) is 22.4 Å². The molecule has 0 saturated carbocycles. The molecular weight excluding hydrogens is 278 g/mol. The lowest BCUT2D eigenvalue weighted by Crippen LogP contribution is -2.23. The van der Waals surface area contributed by atoms with Crippen LogP contribution in [-0.4, -0.2) is 18.5 Å². The van der Waals surface area contributed by atoms with Crippen LogP contribution >= 0.6 is 0 Å². The standard InChI is InChI=1S/C13H11N3O3S/c14-7-11-5-6-12(9-15-11)20(18,19)16-8-10-3-1-2-4-13(10)17/h1-6,9,16-17H,8H2. The fourth-order valence-corrected chi connectivity index (χ4v) is 2.47. The van der Waals surface area contributed by atoms with E-state index in [4.69, 9.17) is 5.26 Å². The van der Waals surface area contributed by atoms with Gasteiger partial charge in [-0.25, -0.2) is 18.1 Å². The van der Waals surface area contributed by atoms with Crippen LogP contribution in [0.4, 0.5) is 0 Å². The predicted octanol–water partition coefficient (Wildman–Crippen LogP) is 1.14. The van der Waals surface area contributed by atoms with E-state index in [2.05, 4.69) is 9.71 Å². The number of pyridine rings is 1. The van der Waals surface area contributed by atoms with Gasteiger partial charge in [-0.1, -0.05) is 18.2 Å². The van der Waals surface area contributed by atoms with E-state index in [1.165, 1.54) is 18.2 Å². The van der Waals surface area contributed by atoms with Crippen molar-refractivity contribution in [3.05, 3.63) is 53.9 Å². The number of aromatic nitrogens is 1. The number of hydrogen-bond acceptors (Lipinski definition) is 5. The van der Waals surface area contributed by atoms with E-state index < -0.39 is 10.0 Å². The first-order valence-electron chi connectivity index (χ1n) is 5.65. The quantitative estimate of drug-likeness (QED) is 0.878. The third kappa shape index (κ3) is 3.12. The second-order valence-electron chi connectivity index (χ2n) is 3.94. The molecule has 102 valence electrons. The molecule has 0 fully saturated rings. The number of phenolic OH excluding ortho intramolecular Hbond substituents is 1. The van der Waals surface area contributed by atoms with Crippen LogP contribution < -0.4 is 4.72 Å². The monoisotopic (exact) mass is 289 g/mol. The van der Waals surface area contributed by atoms with Gasteiger partial charge in [0.05, 0.1) is 0 Å². The molecule has 2 rings (SSSR count). The molecule has 0 bridgehead atoms. The van der Waals surface area contributed by atoms with Gasteiger partial charge < -0.3 is 5.11 Å². The van der Waals surface area contributed by atoms with Gasteiger partial charge in [-0.15, -0.1) is 0 Å². The highest BCUT2D eigenvalue weighted by molar-refractivity contribution is 7.89. The largest absolute Gasteiger partial charge is 0.508 e. The Labute approximate surface area is 116 Å². The first-order valence-corrected chi connectivity index (χ1v) is 7.14. The van der Waals surface area contributed by atoms with E-state index >= 15 is 0 Å². The van der Waals surface area contributed by atoms with Crippen molar-refractivity contribution in [2.75, 3.05) is 0 Å². The SMILES string of the molecule is N#Cc1ccc(S(=O)(=O)NCc2ccccc2O)cn1. The summed E-state index contributed by atoms with van der Waals surface area (Å²) in [6.45, 7) is -0.0327. The molecule has 6 nitrogen and oxygen atoms in total. The van der Waals surface area contributed by atoms with Crippen molar-refractivity contribution in [1.82, 2.24) is 9.71 Å². The molecule has 1 heterocycles. The highest BCUT2D eigenvalue weighted by Crippen LogP contribution is 2.16. The zero-order valence-corrected chi connectivity index (χ0v) is 11.1. The smallest absolute Gasteiger partial charge is 0.242 e. The fraction of sp³-hybridized carbons (Fsp3) is 0.0769. The van der Waals surface area contributed by atoms with Crippen LogP contribution in [0.15, 0.2) is 47.5 Å². The zero-order chi connectivity index (χ0) is 14.6. The number of sulfonamides is 1. The molecule has 2 aromatic rings. The number of rotatable bonds is 4. The number of hydrogen-bond donors (Lipinski definition) is 2. The third-order valence-electron chi connectivity index (χ3n) is 2.61. The number of benzene rings is 1. The summed E-state index contributed by atoms with van der Waals surface area (Å²) >= 11 is 0. The zero-order valence-electron chi connectivity index (χ0n) is 10.3. The van der Waals surface area contributed by atoms with Gasteiger partial charge in [0.2, 0.25) is 10.0 Å². The van der Waals surface area contributed by atoms with E-state index in [0.29, 0.717) is 5.56 Å². The lowest BCUT2D eigenvalue weighted by Gasteiger charge is -2.07. The van der Waals surface area contributed by atoms with Crippen molar-refractivity contribution in [2.24, 2.45) is 0 Å². The minimum absolute atomic E-state index is 0.0214. The minimum atomic E-state index is -3.73. The molecule has 1 aromatic heterocycles. The van der Waals surface area contributed by atoms with Crippen molar-refractivity contribution < 1.29 is 13.5 Å². The number of nitrogens with zero attached hydrogens (tertiary/aromatic N) is 2. The summed E-state index contributed by atoms with van der Waals surface area (Å²) in [6.07, 6.45) is 1.12. The molecule has 7 heteroatoms. The lowest BCUT2D eigenvalue weighted by atomic mass is 10.2. The molecule has 0 amide bonds. The van der Waals surface area contributed by atoms with E-state index in [-0.39, 0.29) is 22.9 Å². The highest BCUT2D eigenvalue weighted by Gasteiger charge is 2.14. The first-order chi connectivity index (χ1) is 9.53. The maximum absolute atomic E-state index is 12.0. The summed E-state index contributed by atoms with van der Waals surface area (Å²) in [6, 6.07) is 10.9. The molecule has 0 saturated heterocycles. The molecule has 0 atom stereocenters. The molecule has 2 N–H and O–H groups in total. The third-order valence-corrected chi connectivity index (χ3v) is 3.99. The molecule has 0 aliphatic heterocycles. The van der Waals surface area contributed by atoms with Gasteiger partial charge in [0.15, 0.2) is 0 Å². The van der Waals surface area contributed by atoms with Crippen molar-refractivity contribution in [3.8, 4) is 11.8 Å². The van der Waals surface area contributed by atoms with Crippen LogP contribution in [-0.2, 0) is 16.6 Å². The molecule has 20 heavy (non-hydrogen) atoms. The molecule has 0 aliphatic rings. The van der Waals surface area contributed by atoms with Gasteiger partial charge in [-0.2, -0.15) is 5.26 Å². The Bertz CT molecular complexity index is 749. The Balaban J connectivity index is 2.15. The van der Waals surface area contributed by atoms with Gasteiger partial charge in [0.25, 0.3) is 0 Å². The molecular formula is C13H11N3O3S. The Hall–Kier alpha value is -2.43. The van der Waals surface area contributed by atoms with Crippen molar-refractivity contribution >= 4 is 10.0 Å². The highest BCUT2D eigenvalue weighted by atomic mass is 32.2. The number of phenols is 1. The summed E-state index contributed by atoms with van der Waals surface area (Å²) in [4.78, 5) is 3.67. The summed E-state index contributed by atoms with van der Waals surface area (Å²) in [5.74, 6) is 0.0214. The Kier molecular flexibility index (Phi) is 3.98. The average Bonchev–Trinajstić information content (AvgIpc) is 2.46. The van der Waals surface area contributed by atoms with Crippen LogP contribution in [0.1, 0.15) is 11.3 Å². The van der Waals surface area contributed by atoms with E-state index in [9.17, 15) is 13.5 Å². The molecule has 0 spiro atoms. The van der Waals surface area contributed by atoms with Gasteiger partial charge >= 0.3 is 0 Å². The topological polar surface area (TPSA) is 103 Å². The normalized spacial score (nSPS) is 10.9. The summed E-state index contributed by atoms with van der Waals surface area (Å²) in [7, 11) is -3.73. The fourth-order valence-electron chi connectivity index (χ4n) is 1.52. The van der Waals surface area contributed by atoms with Crippen molar-refractivity contribution in [1.29, 1.82) is 5.26 Å². The van der Waals surface area contributed by atoms with Crippen LogP contribution in [0.5, 0.6) is 5.75 Å². The minimum Gasteiger partial charge on any atom is -0.508 e. The van der Waals surface area contributed by atoms with Crippen molar-refractivity contribution in [3.63, 3.8) is 0 Å². The van der Waals surface area contributed by atoms with Gasteiger partial charge in [0, 0.05) is 18.3 Å². The second-order valence-corrected chi connectivity index (χ2v) is 5.71. The van der Waals surface area contributed by atoms with Crippen LogP contribution in [0.25, 0.3) is 0 Å². The first kappa shape index (κ1) is 14.0. The molecule has 0 unspecified atom stereocenters. The van der Waals surface area contributed by atoms with E-state index in [1.54, 1.807) is 18.2 Å². The van der Waals surface area contributed by atoms with Crippen LogP contribution in [0.2, 0.25) is 0 Å². The molecule has 0 aliphatic carbocycles. The molecule has 1 aromatic carbocycles. The van der Waals surface area contributed by atoms with E-state index in [1.807, 2.05) is 6.07 Å². The van der Waals surface area contributed by atoms with Crippen LogP contribution in [0, 0.1) is 11.3 Å². The maximum atomic E-state index is 12.0. The number of para-hydroxylation sites is 1. The van der Waals surface area contributed by atoms with Crippen LogP contribution in [0.3, 0.4) is 0 Å². The summed E-state index contributed by atoms with van der Waals surface area (Å²) in [5, 5.41) is 18.2. The summed E-state index contributed by atoms with van der Waals surface area (Å²) in [5.41, 5.74) is 0.613. The Morgan fingerprint density at radius 2 is 2.00 bits per heavy atom. The summed E-state index contributed by atoms with van der Waals surface area (Å²) < 4.78 is 26.4. The number of nitriles is 1. The lowest BCUT2D eigenvalue weighted by molar-refractivity contribution is 0.467.